The topological polar surface area (TPSA) is 69.6 Å². The molecule has 5 nitrogen and oxygen atoms in total. The normalized spacial score (nSPS) is 18.3. The predicted octanol–water partition coefficient (Wildman–Crippen LogP) is 2.93. The van der Waals surface area contributed by atoms with Crippen LogP contribution in [0.25, 0.3) is 0 Å². The van der Waals surface area contributed by atoms with E-state index in [1.54, 1.807) is 4.90 Å². The number of hydrogen-bond acceptors (Lipinski definition) is 2. The van der Waals surface area contributed by atoms with Gasteiger partial charge in [-0.1, -0.05) is 0 Å². The highest BCUT2D eigenvalue weighted by atomic mass is 19.1. The van der Waals surface area contributed by atoms with E-state index in [0.29, 0.717) is 25.2 Å². The van der Waals surface area contributed by atoms with Crippen LogP contribution in [0.1, 0.15) is 25.7 Å². The number of piperidine rings is 1. The first-order valence-corrected chi connectivity index (χ1v) is 7.08. The van der Waals surface area contributed by atoms with Gasteiger partial charge in [-0.3, -0.25) is 4.79 Å². The highest BCUT2D eigenvalue weighted by molar-refractivity contribution is 5.89. The van der Waals surface area contributed by atoms with E-state index in [1.165, 1.54) is 24.3 Å². The molecule has 1 heterocycles. The molecule has 1 aliphatic heterocycles. The molecule has 0 aromatic heterocycles. The van der Waals surface area contributed by atoms with E-state index < -0.39 is 5.97 Å². The fraction of sp³-hybridized carbons (Fsp3) is 0.467. The van der Waals surface area contributed by atoms with Gasteiger partial charge in [0, 0.05) is 25.2 Å². The lowest BCUT2D eigenvalue weighted by Crippen LogP contribution is -2.42. The second-order valence-electron chi connectivity index (χ2n) is 5.32. The average molecular weight is 294 g/mol. The first-order valence-electron chi connectivity index (χ1n) is 7.08. The standard InChI is InChI=1S/C15H19FN2O3/c16-12-4-6-13(7-5-12)17-15(21)18-9-1-2-11(10-18)3-8-14(19)20/h4-7,11H,1-3,8-10H2,(H,17,21)(H,19,20). The maximum Gasteiger partial charge on any atom is 0.321 e. The van der Waals surface area contributed by atoms with Crippen LogP contribution in [0.5, 0.6) is 0 Å². The third kappa shape index (κ3) is 4.73. The zero-order valence-corrected chi connectivity index (χ0v) is 11.7. The number of carbonyl (C=O) groups excluding carboxylic acids is 1. The van der Waals surface area contributed by atoms with Crippen molar-refractivity contribution in [2.75, 3.05) is 18.4 Å². The van der Waals surface area contributed by atoms with Gasteiger partial charge in [0.15, 0.2) is 0 Å². The van der Waals surface area contributed by atoms with Gasteiger partial charge in [-0.2, -0.15) is 0 Å². The van der Waals surface area contributed by atoms with Crippen molar-refractivity contribution in [3.8, 4) is 0 Å². The van der Waals surface area contributed by atoms with Crippen LogP contribution in [0.3, 0.4) is 0 Å². The van der Waals surface area contributed by atoms with Gasteiger partial charge in [0.1, 0.15) is 5.82 Å². The van der Waals surface area contributed by atoms with Crippen LogP contribution >= 0.6 is 0 Å². The Balaban J connectivity index is 1.86. The summed E-state index contributed by atoms with van der Waals surface area (Å²) in [6, 6.07) is 5.39. The number of urea groups is 1. The van der Waals surface area contributed by atoms with Gasteiger partial charge >= 0.3 is 12.0 Å². The summed E-state index contributed by atoms with van der Waals surface area (Å²) in [5.74, 6) is -0.920. The maximum atomic E-state index is 12.8. The minimum absolute atomic E-state index is 0.137. The number of nitrogens with one attached hydrogen (secondary N) is 1. The number of aliphatic carboxylic acids is 1. The number of nitrogens with zero attached hydrogens (tertiary/aromatic N) is 1. The lowest BCUT2D eigenvalue weighted by atomic mass is 9.93. The molecule has 2 N–H and O–H groups in total. The number of carboxylic acids is 1. The quantitative estimate of drug-likeness (QED) is 0.897. The minimum Gasteiger partial charge on any atom is -0.481 e. The zero-order valence-electron chi connectivity index (χ0n) is 11.7. The molecule has 2 amide bonds. The molecule has 6 heteroatoms. The Kier molecular flexibility index (Phi) is 5.14. The Morgan fingerprint density at radius 1 is 1.33 bits per heavy atom. The van der Waals surface area contributed by atoms with Gasteiger partial charge in [0.25, 0.3) is 0 Å². The van der Waals surface area contributed by atoms with Gasteiger partial charge in [-0.15, -0.1) is 0 Å². The van der Waals surface area contributed by atoms with Crippen molar-refractivity contribution >= 4 is 17.7 Å². The molecule has 1 aromatic rings. The molecule has 21 heavy (non-hydrogen) atoms. The molecular formula is C15H19FN2O3. The summed E-state index contributed by atoms with van der Waals surface area (Å²) in [4.78, 5) is 24.4. The lowest BCUT2D eigenvalue weighted by molar-refractivity contribution is -0.137. The molecular weight excluding hydrogens is 275 g/mol. The van der Waals surface area contributed by atoms with Crippen LogP contribution in [0.15, 0.2) is 24.3 Å². The van der Waals surface area contributed by atoms with Gasteiger partial charge in [0.05, 0.1) is 0 Å². The Morgan fingerprint density at radius 3 is 2.71 bits per heavy atom. The first-order chi connectivity index (χ1) is 10.0. The van der Waals surface area contributed by atoms with Crippen molar-refractivity contribution in [1.29, 1.82) is 0 Å². The maximum absolute atomic E-state index is 12.8. The van der Waals surface area contributed by atoms with Crippen molar-refractivity contribution < 1.29 is 19.1 Å². The molecule has 0 spiro atoms. The van der Waals surface area contributed by atoms with Gasteiger partial charge in [0.2, 0.25) is 0 Å². The van der Waals surface area contributed by atoms with Crippen molar-refractivity contribution in [2.24, 2.45) is 5.92 Å². The molecule has 0 saturated carbocycles. The van der Waals surface area contributed by atoms with Gasteiger partial charge in [-0.25, -0.2) is 9.18 Å². The van der Waals surface area contributed by atoms with Gasteiger partial charge in [-0.05, 0) is 49.4 Å². The van der Waals surface area contributed by atoms with Gasteiger partial charge < -0.3 is 15.3 Å². The number of likely N-dealkylation sites (tertiary alicyclic amines) is 1. The number of amides is 2. The summed E-state index contributed by atoms with van der Waals surface area (Å²) in [5, 5.41) is 11.4. The lowest BCUT2D eigenvalue weighted by Gasteiger charge is -2.32. The van der Waals surface area contributed by atoms with Crippen LogP contribution < -0.4 is 5.32 Å². The molecule has 1 aromatic carbocycles. The fourth-order valence-electron chi connectivity index (χ4n) is 2.55. The van der Waals surface area contributed by atoms with E-state index in [0.717, 1.165) is 12.8 Å². The SMILES string of the molecule is O=C(O)CCC1CCCN(C(=O)Nc2ccc(F)cc2)C1. The number of carboxylic acid groups (broad SMARTS) is 1. The van der Waals surface area contributed by atoms with E-state index in [4.69, 9.17) is 5.11 Å². The zero-order chi connectivity index (χ0) is 15.2. The third-order valence-electron chi connectivity index (χ3n) is 3.67. The molecule has 0 aliphatic carbocycles. The number of anilines is 1. The molecule has 0 bridgehead atoms. The molecule has 1 aliphatic rings. The molecule has 1 fully saturated rings. The van der Waals surface area contributed by atoms with Crippen molar-refractivity contribution in [1.82, 2.24) is 4.90 Å². The highest BCUT2D eigenvalue weighted by Gasteiger charge is 2.24. The Labute approximate surface area is 122 Å². The summed E-state index contributed by atoms with van der Waals surface area (Å²) < 4.78 is 12.8. The Bertz CT molecular complexity index is 504. The second-order valence-corrected chi connectivity index (χ2v) is 5.32. The monoisotopic (exact) mass is 294 g/mol. The smallest absolute Gasteiger partial charge is 0.321 e. The van der Waals surface area contributed by atoms with E-state index in [-0.39, 0.29) is 24.2 Å². The van der Waals surface area contributed by atoms with Crippen molar-refractivity contribution in [3.63, 3.8) is 0 Å². The number of carbonyl (C=O) groups is 2. The summed E-state index contributed by atoms with van der Waals surface area (Å²) in [7, 11) is 0. The first kappa shape index (κ1) is 15.3. The molecule has 114 valence electrons. The van der Waals surface area contributed by atoms with Crippen LogP contribution in [-0.2, 0) is 4.79 Å². The fourth-order valence-corrected chi connectivity index (χ4v) is 2.55. The van der Waals surface area contributed by atoms with Crippen LogP contribution in [-0.4, -0.2) is 35.1 Å². The summed E-state index contributed by atoms with van der Waals surface area (Å²) in [6.07, 6.45) is 2.56. The predicted molar refractivity (Wildman–Crippen MR) is 76.6 cm³/mol. The average Bonchev–Trinajstić information content (AvgIpc) is 2.48. The van der Waals surface area contributed by atoms with E-state index >= 15 is 0 Å². The van der Waals surface area contributed by atoms with Crippen molar-refractivity contribution in [2.45, 2.75) is 25.7 Å². The number of hydrogen-bond donors (Lipinski definition) is 2. The Morgan fingerprint density at radius 2 is 2.05 bits per heavy atom. The minimum atomic E-state index is -0.803. The molecule has 1 atom stereocenters. The van der Waals surface area contributed by atoms with Crippen LogP contribution in [0.2, 0.25) is 0 Å². The summed E-state index contributed by atoms with van der Waals surface area (Å²) in [6.45, 7) is 1.23. The largest absolute Gasteiger partial charge is 0.481 e. The second kappa shape index (κ2) is 7.06. The van der Waals surface area contributed by atoms with Crippen LogP contribution in [0, 0.1) is 11.7 Å². The summed E-state index contributed by atoms with van der Waals surface area (Å²) in [5.41, 5.74) is 0.550. The number of benzene rings is 1. The van der Waals surface area contributed by atoms with E-state index in [9.17, 15) is 14.0 Å². The van der Waals surface area contributed by atoms with E-state index in [2.05, 4.69) is 5.32 Å². The van der Waals surface area contributed by atoms with E-state index in [1.807, 2.05) is 0 Å². The third-order valence-corrected chi connectivity index (χ3v) is 3.67. The molecule has 1 saturated heterocycles. The van der Waals surface area contributed by atoms with Crippen LogP contribution in [0.4, 0.5) is 14.9 Å². The summed E-state index contributed by atoms with van der Waals surface area (Å²) >= 11 is 0. The van der Waals surface area contributed by atoms with Crippen molar-refractivity contribution in [3.05, 3.63) is 30.1 Å². The molecule has 0 radical (unpaired) electrons. The number of rotatable bonds is 4. The number of halogens is 1. The Hall–Kier alpha value is -2.11. The molecule has 2 rings (SSSR count). The highest BCUT2D eigenvalue weighted by Crippen LogP contribution is 2.21. The molecule has 1 unspecified atom stereocenters.